The van der Waals surface area contributed by atoms with Crippen LogP contribution in [-0.2, 0) is 4.79 Å². The first-order chi connectivity index (χ1) is 7.40. The summed E-state index contributed by atoms with van der Waals surface area (Å²) in [5.41, 5.74) is 14.1. The summed E-state index contributed by atoms with van der Waals surface area (Å²) < 4.78 is 0. The molecule has 1 aromatic carbocycles. The van der Waals surface area contributed by atoms with Gasteiger partial charge in [0, 0.05) is 24.0 Å². The lowest BCUT2D eigenvalue weighted by atomic mass is 10.1. The van der Waals surface area contributed by atoms with Crippen LogP contribution in [0.2, 0.25) is 0 Å². The fourth-order valence-electron chi connectivity index (χ4n) is 1.27. The molecule has 0 heterocycles. The highest BCUT2D eigenvalue weighted by Gasteiger charge is 2.04. The van der Waals surface area contributed by atoms with Crippen molar-refractivity contribution in [2.45, 2.75) is 6.92 Å². The van der Waals surface area contributed by atoms with E-state index < -0.39 is 0 Å². The molecule has 4 nitrogen and oxygen atoms in total. The smallest absolute Gasteiger partial charge is 0.221 e. The highest BCUT2D eigenvalue weighted by atomic mass is 16.1. The highest BCUT2D eigenvalue weighted by Crippen LogP contribution is 2.20. The van der Waals surface area contributed by atoms with E-state index in [9.17, 15) is 4.79 Å². The summed E-state index contributed by atoms with van der Waals surface area (Å²) in [5.74, 6) is -0.159. The third-order valence-electron chi connectivity index (χ3n) is 1.99. The van der Waals surface area contributed by atoms with Crippen LogP contribution in [0.3, 0.4) is 0 Å². The van der Waals surface area contributed by atoms with Gasteiger partial charge in [0.2, 0.25) is 5.91 Å². The van der Waals surface area contributed by atoms with Crippen LogP contribution >= 0.6 is 0 Å². The Bertz CT molecular complexity index is 431. The zero-order valence-electron chi connectivity index (χ0n) is 9.21. The predicted octanol–water partition coefficient (Wildman–Crippen LogP) is 1.50. The molecule has 0 bridgehead atoms. The van der Waals surface area contributed by atoms with E-state index in [0.717, 1.165) is 0 Å². The van der Waals surface area contributed by atoms with Crippen LogP contribution in [0.5, 0.6) is 0 Å². The minimum absolute atomic E-state index is 0.159. The number of rotatable bonds is 3. The summed E-state index contributed by atoms with van der Waals surface area (Å²) in [4.78, 5) is 11.0. The SMILES string of the molecule is C=C(N)c1cc(NC(C)=O)cc(C(=C)N)c1. The van der Waals surface area contributed by atoms with Crippen molar-refractivity contribution in [2.24, 2.45) is 11.5 Å². The summed E-state index contributed by atoms with van der Waals surface area (Å²) >= 11 is 0. The monoisotopic (exact) mass is 217 g/mol. The molecule has 1 amide bonds. The summed E-state index contributed by atoms with van der Waals surface area (Å²) in [6.45, 7) is 8.71. The number of hydrogen-bond donors (Lipinski definition) is 3. The lowest BCUT2D eigenvalue weighted by Crippen LogP contribution is -2.08. The molecule has 0 unspecified atom stereocenters. The number of hydrogen-bond acceptors (Lipinski definition) is 3. The fourth-order valence-corrected chi connectivity index (χ4v) is 1.27. The van der Waals surface area contributed by atoms with Gasteiger partial charge in [-0.2, -0.15) is 0 Å². The highest BCUT2D eigenvalue weighted by molar-refractivity contribution is 5.90. The maximum Gasteiger partial charge on any atom is 0.221 e. The van der Waals surface area contributed by atoms with Gasteiger partial charge in [0.1, 0.15) is 0 Å². The molecule has 0 aliphatic rings. The van der Waals surface area contributed by atoms with Crippen molar-refractivity contribution in [3.05, 3.63) is 42.5 Å². The van der Waals surface area contributed by atoms with Crippen molar-refractivity contribution in [3.63, 3.8) is 0 Å². The first kappa shape index (κ1) is 11.8. The van der Waals surface area contributed by atoms with Gasteiger partial charge in [0.05, 0.1) is 0 Å². The molecule has 1 aromatic rings. The van der Waals surface area contributed by atoms with Crippen LogP contribution in [0.15, 0.2) is 31.4 Å². The van der Waals surface area contributed by atoms with Gasteiger partial charge < -0.3 is 16.8 Å². The summed E-state index contributed by atoms with van der Waals surface area (Å²) in [5, 5.41) is 2.66. The Labute approximate surface area is 94.6 Å². The number of carbonyl (C=O) groups is 1. The van der Waals surface area contributed by atoms with Gasteiger partial charge in [-0.15, -0.1) is 0 Å². The van der Waals surface area contributed by atoms with E-state index in [1.807, 2.05) is 0 Å². The number of nitrogens with two attached hydrogens (primary N) is 2. The van der Waals surface area contributed by atoms with Gasteiger partial charge in [0.15, 0.2) is 0 Å². The number of carbonyl (C=O) groups excluding carboxylic acids is 1. The maximum absolute atomic E-state index is 11.0. The largest absolute Gasteiger partial charge is 0.399 e. The van der Waals surface area contributed by atoms with E-state index in [-0.39, 0.29) is 5.91 Å². The van der Waals surface area contributed by atoms with E-state index in [2.05, 4.69) is 18.5 Å². The van der Waals surface area contributed by atoms with Gasteiger partial charge in [0.25, 0.3) is 0 Å². The zero-order chi connectivity index (χ0) is 12.3. The fraction of sp³-hybridized carbons (Fsp3) is 0.0833. The third kappa shape index (κ3) is 2.88. The van der Waals surface area contributed by atoms with Crippen molar-refractivity contribution in [1.29, 1.82) is 0 Å². The van der Waals surface area contributed by atoms with Crippen LogP contribution in [0, 0.1) is 0 Å². The molecule has 0 radical (unpaired) electrons. The van der Waals surface area contributed by atoms with Crippen LogP contribution in [-0.4, -0.2) is 5.91 Å². The average molecular weight is 217 g/mol. The van der Waals surface area contributed by atoms with E-state index in [4.69, 9.17) is 11.5 Å². The Morgan fingerprint density at radius 2 is 1.56 bits per heavy atom. The first-order valence-corrected chi connectivity index (χ1v) is 4.72. The normalized spacial score (nSPS) is 9.56. The third-order valence-corrected chi connectivity index (χ3v) is 1.99. The van der Waals surface area contributed by atoms with Crippen molar-refractivity contribution in [1.82, 2.24) is 0 Å². The molecule has 0 atom stereocenters. The second-order valence-corrected chi connectivity index (χ2v) is 3.53. The van der Waals surface area contributed by atoms with Gasteiger partial charge in [-0.05, 0) is 29.3 Å². The maximum atomic E-state index is 11.0. The number of anilines is 1. The van der Waals surface area contributed by atoms with Crippen molar-refractivity contribution in [3.8, 4) is 0 Å². The minimum Gasteiger partial charge on any atom is -0.399 e. The Morgan fingerprint density at radius 1 is 1.12 bits per heavy atom. The molecule has 0 aromatic heterocycles. The molecular weight excluding hydrogens is 202 g/mol. The van der Waals surface area contributed by atoms with Crippen LogP contribution < -0.4 is 16.8 Å². The van der Waals surface area contributed by atoms with Gasteiger partial charge in [-0.1, -0.05) is 13.2 Å². The Kier molecular flexibility index (Phi) is 3.35. The lowest BCUT2D eigenvalue weighted by molar-refractivity contribution is -0.114. The number of nitrogens with one attached hydrogen (secondary N) is 1. The van der Waals surface area contributed by atoms with E-state index in [0.29, 0.717) is 28.2 Å². The average Bonchev–Trinajstić information content (AvgIpc) is 2.15. The second kappa shape index (κ2) is 4.53. The molecule has 1 rings (SSSR count). The second-order valence-electron chi connectivity index (χ2n) is 3.53. The van der Waals surface area contributed by atoms with Crippen molar-refractivity contribution >= 4 is 23.0 Å². The van der Waals surface area contributed by atoms with E-state index in [1.54, 1.807) is 18.2 Å². The van der Waals surface area contributed by atoms with Crippen LogP contribution in [0.1, 0.15) is 18.1 Å². The van der Waals surface area contributed by atoms with Gasteiger partial charge in [-0.3, -0.25) is 4.79 Å². The van der Waals surface area contributed by atoms with E-state index >= 15 is 0 Å². The molecule has 0 aliphatic carbocycles. The Hall–Kier alpha value is -2.23. The van der Waals surface area contributed by atoms with Crippen LogP contribution in [0.4, 0.5) is 5.69 Å². The van der Waals surface area contributed by atoms with Gasteiger partial charge >= 0.3 is 0 Å². The summed E-state index contributed by atoms with van der Waals surface area (Å²) in [6.07, 6.45) is 0. The number of amides is 1. The lowest BCUT2D eigenvalue weighted by Gasteiger charge is -2.09. The molecule has 0 saturated heterocycles. The molecule has 0 spiro atoms. The molecule has 4 heteroatoms. The standard InChI is InChI=1S/C12H15N3O/c1-7(13)10-4-11(8(2)14)6-12(5-10)15-9(3)16/h4-6H,1-2,13-14H2,3H3,(H,15,16). The molecule has 0 aliphatic heterocycles. The van der Waals surface area contributed by atoms with Gasteiger partial charge in [-0.25, -0.2) is 0 Å². The molecule has 0 saturated carbocycles. The summed E-state index contributed by atoms with van der Waals surface area (Å²) in [7, 11) is 0. The Balaban J connectivity index is 3.23. The molecule has 84 valence electrons. The quantitative estimate of drug-likeness (QED) is 0.717. The predicted molar refractivity (Wildman–Crippen MR) is 67.2 cm³/mol. The molecule has 0 fully saturated rings. The van der Waals surface area contributed by atoms with Crippen LogP contribution in [0.25, 0.3) is 11.4 Å². The molecular formula is C12H15N3O. The molecule has 16 heavy (non-hydrogen) atoms. The number of benzene rings is 1. The minimum atomic E-state index is -0.159. The summed E-state index contributed by atoms with van der Waals surface area (Å²) in [6, 6.07) is 5.24. The van der Waals surface area contributed by atoms with Crippen molar-refractivity contribution < 1.29 is 4.79 Å². The first-order valence-electron chi connectivity index (χ1n) is 4.72. The zero-order valence-corrected chi connectivity index (χ0v) is 9.21. The van der Waals surface area contributed by atoms with Crippen molar-refractivity contribution in [2.75, 3.05) is 5.32 Å². The Morgan fingerprint density at radius 3 is 1.88 bits per heavy atom. The topological polar surface area (TPSA) is 81.1 Å². The van der Waals surface area contributed by atoms with E-state index in [1.165, 1.54) is 6.92 Å². The molecule has 5 N–H and O–H groups in total.